The normalized spacial score (nSPS) is 11.3. The van der Waals surface area contributed by atoms with Crippen LogP contribution < -0.4 is 21.7 Å². The Kier molecular flexibility index (Phi) is 5.50. The van der Waals surface area contributed by atoms with Gasteiger partial charge in [0, 0.05) is 6.20 Å². The summed E-state index contributed by atoms with van der Waals surface area (Å²) in [5.74, 6) is -0.526. The van der Waals surface area contributed by atoms with Gasteiger partial charge in [-0.25, -0.2) is 9.36 Å². The van der Waals surface area contributed by atoms with Crippen LogP contribution in [0.1, 0.15) is 21.5 Å². The summed E-state index contributed by atoms with van der Waals surface area (Å²) < 4.78 is 45.8. The number of benzene rings is 2. The predicted octanol–water partition coefficient (Wildman–Crippen LogP) is 2.17. The zero-order valence-electron chi connectivity index (χ0n) is 15.6. The summed E-state index contributed by atoms with van der Waals surface area (Å²) >= 11 is 0. The van der Waals surface area contributed by atoms with E-state index in [2.05, 4.69) is 0 Å². The number of halogens is 3. The summed E-state index contributed by atoms with van der Waals surface area (Å²) in [4.78, 5) is 37.3. The first-order chi connectivity index (χ1) is 14.1. The molecule has 1 amide bonds. The van der Waals surface area contributed by atoms with Gasteiger partial charge < -0.3 is 10.5 Å². The SMILES string of the molecule is COc1ccc(Cn2cc(C(N)=O)c(=O)n(-c3cccc(C(F)(F)F)c3)c2=O)cc1. The van der Waals surface area contributed by atoms with E-state index in [0.717, 1.165) is 22.9 Å². The Morgan fingerprint density at radius 2 is 1.77 bits per heavy atom. The molecule has 0 aliphatic rings. The number of carbonyl (C=O) groups is 1. The summed E-state index contributed by atoms with van der Waals surface area (Å²) in [6, 6.07) is 10.3. The highest BCUT2D eigenvalue weighted by Crippen LogP contribution is 2.29. The molecule has 1 heterocycles. The monoisotopic (exact) mass is 419 g/mol. The summed E-state index contributed by atoms with van der Waals surface area (Å²) in [5, 5.41) is 0. The number of primary amides is 1. The molecular weight excluding hydrogens is 403 g/mol. The summed E-state index contributed by atoms with van der Waals surface area (Å²) in [6.45, 7) is -0.0532. The van der Waals surface area contributed by atoms with Crippen LogP contribution in [0.5, 0.6) is 5.75 Å². The number of nitrogens with two attached hydrogens (primary N) is 1. The number of methoxy groups -OCH3 is 1. The van der Waals surface area contributed by atoms with Crippen molar-refractivity contribution in [1.82, 2.24) is 9.13 Å². The first-order valence-corrected chi connectivity index (χ1v) is 8.58. The Hall–Kier alpha value is -3.82. The van der Waals surface area contributed by atoms with Gasteiger partial charge in [0.1, 0.15) is 11.3 Å². The maximum absolute atomic E-state index is 13.1. The fourth-order valence-corrected chi connectivity index (χ4v) is 2.86. The van der Waals surface area contributed by atoms with Gasteiger partial charge in [-0.1, -0.05) is 18.2 Å². The van der Waals surface area contributed by atoms with E-state index in [0.29, 0.717) is 21.9 Å². The van der Waals surface area contributed by atoms with Crippen molar-refractivity contribution in [2.75, 3.05) is 7.11 Å². The highest BCUT2D eigenvalue weighted by molar-refractivity contribution is 5.92. The van der Waals surface area contributed by atoms with Crippen molar-refractivity contribution in [3.63, 3.8) is 0 Å². The maximum atomic E-state index is 13.1. The van der Waals surface area contributed by atoms with Crippen LogP contribution in [0.25, 0.3) is 5.69 Å². The van der Waals surface area contributed by atoms with E-state index < -0.39 is 34.5 Å². The second-order valence-corrected chi connectivity index (χ2v) is 6.35. The van der Waals surface area contributed by atoms with Crippen LogP contribution in [-0.2, 0) is 12.7 Å². The highest BCUT2D eigenvalue weighted by Gasteiger charge is 2.31. The molecule has 7 nitrogen and oxygen atoms in total. The van der Waals surface area contributed by atoms with Gasteiger partial charge in [0.05, 0.1) is 24.9 Å². The fraction of sp³-hybridized carbons (Fsp3) is 0.150. The number of rotatable bonds is 5. The predicted molar refractivity (Wildman–Crippen MR) is 102 cm³/mol. The van der Waals surface area contributed by atoms with Crippen LogP contribution in [-0.4, -0.2) is 22.2 Å². The molecule has 0 saturated carbocycles. The molecule has 0 unspecified atom stereocenters. The number of amides is 1. The molecule has 3 aromatic rings. The van der Waals surface area contributed by atoms with Crippen LogP contribution in [0.4, 0.5) is 13.2 Å². The Balaban J connectivity index is 2.19. The van der Waals surface area contributed by atoms with Gasteiger partial charge in [-0.2, -0.15) is 13.2 Å². The molecule has 0 aliphatic carbocycles. The van der Waals surface area contributed by atoms with Crippen molar-refractivity contribution >= 4 is 5.91 Å². The first-order valence-electron chi connectivity index (χ1n) is 8.58. The van der Waals surface area contributed by atoms with Crippen LogP contribution in [0.2, 0.25) is 0 Å². The van der Waals surface area contributed by atoms with E-state index in [4.69, 9.17) is 10.5 Å². The maximum Gasteiger partial charge on any atom is 0.416 e. The topological polar surface area (TPSA) is 96.3 Å². The second kappa shape index (κ2) is 7.90. The molecule has 3 rings (SSSR count). The third kappa shape index (κ3) is 4.12. The largest absolute Gasteiger partial charge is 0.497 e. The van der Waals surface area contributed by atoms with Crippen LogP contribution >= 0.6 is 0 Å². The molecule has 0 atom stereocenters. The number of hydrogen-bond donors (Lipinski definition) is 1. The number of hydrogen-bond acceptors (Lipinski definition) is 4. The highest BCUT2D eigenvalue weighted by atomic mass is 19.4. The van der Waals surface area contributed by atoms with Crippen molar-refractivity contribution in [3.05, 3.63) is 92.3 Å². The zero-order valence-corrected chi connectivity index (χ0v) is 15.6. The molecule has 0 bridgehead atoms. The number of carbonyl (C=O) groups excluding carboxylic acids is 1. The Bertz CT molecular complexity index is 1210. The molecule has 0 radical (unpaired) electrons. The standard InChI is InChI=1S/C20H16F3N3O4/c1-30-15-7-5-12(6-8-15)10-25-11-16(17(24)27)18(28)26(19(25)29)14-4-2-3-13(9-14)20(21,22)23/h2-9,11H,10H2,1H3,(H2,24,27). The van der Waals surface area contributed by atoms with Gasteiger partial charge in [-0.05, 0) is 35.9 Å². The third-order valence-electron chi connectivity index (χ3n) is 4.36. The first kappa shape index (κ1) is 20.9. The minimum Gasteiger partial charge on any atom is -0.497 e. The Morgan fingerprint density at radius 1 is 1.10 bits per heavy atom. The molecule has 0 saturated heterocycles. The number of alkyl halides is 3. The molecule has 2 N–H and O–H groups in total. The molecule has 156 valence electrons. The smallest absolute Gasteiger partial charge is 0.416 e. The molecule has 0 aliphatic heterocycles. The van der Waals surface area contributed by atoms with Crippen molar-refractivity contribution in [2.24, 2.45) is 5.73 Å². The minimum absolute atomic E-state index is 0.0532. The average Bonchev–Trinajstić information content (AvgIpc) is 2.70. The Labute approximate surface area is 167 Å². The lowest BCUT2D eigenvalue weighted by Gasteiger charge is -2.14. The molecule has 0 spiro atoms. The zero-order chi connectivity index (χ0) is 22.1. The Morgan fingerprint density at radius 3 is 2.33 bits per heavy atom. The van der Waals surface area contributed by atoms with Crippen molar-refractivity contribution in [1.29, 1.82) is 0 Å². The summed E-state index contributed by atoms with van der Waals surface area (Å²) in [5.41, 5.74) is 1.96. The third-order valence-corrected chi connectivity index (χ3v) is 4.36. The number of ether oxygens (including phenoxy) is 1. The van der Waals surface area contributed by atoms with E-state index >= 15 is 0 Å². The lowest BCUT2D eigenvalue weighted by Crippen LogP contribution is -2.42. The fourth-order valence-electron chi connectivity index (χ4n) is 2.86. The lowest BCUT2D eigenvalue weighted by atomic mass is 10.2. The van der Waals surface area contributed by atoms with E-state index in [1.54, 1.807) is 24.3 Å². The molecule has 30 heavy (non-hydrogen) atoms. The van der Waals surface area contributed by atoms with E-state index in [1.807, 2.05) is 0 Å². The lowest BCUT2D eigenvalue weighted by molar-refractivity contribution is -0.137. The van der Waals surface area contributed by atoms with Crippen LogP contribution in [0.15, 0.2) is 64.3 Å². The van der Waals surface area contributed by atoms with Crippen molar-refractivity contribution in [2.45, 2.75) is 12.7 Å². The summed E-state index contributed by atoms with van der Waals surface area (Å²) in [7, 11) is 1.49. The van der Waals surface area contributed by atoms with Gasteiger partial charge in [0.15, 0.2) is 0 Å². The molecule has 0 fully saturated rings. The average molecular weight is 419 g/mol. The van der Waals surface area contributed by atoms with Crippen LogP contribution in [0, 0.1) is 0 Å². The summed E-state index contributed by atoms with van der Waals surface area (Å²) in [6.07, 6.45) is -3.68. The van der Waals surface area contributed by atoms with Gasteiger partial charge in [0.2, 0.25) is 0 Å². The van der Waals surface area contributed by atoms with Gasteiger partial charge in [-0.15, -0.1) is 0 Å². The van der Waals surface area contributed by atoms with Gasteiger partial charge >= 0.3 is 11.9 Å². The van der Waals surface area contributed by atoms with Gasteiger partial charge in [-0.3, -0.25) is 14.2 Å². The molecule has 2 aromatic carbocycles. The van der Waals surface area contributed by atoms with Crippen LogP contribution in [0.3, 0.4) is 0 Å². The number of nitrogens with zero attached hydrogens (tertiary/aromatic N) is 2. The second-order valence-electron chi connectivity index (χ2n) is 6.35. The molecule has 1 aromatic heterocycles. The minimum atomic E-state index is -4.68. The quantitative estimate of drug-likeness (QED) is 0.686. The number of aromatic nitrogens is 2. The van der Waals surface area contributed by atoms with E-state index in [9.17, 15) is 27.6 Å². The van der Waals surface area contributed by atoms with Gasteiger partial charge in [0.25, 0.3) is 11.5 Å². The molecular formula is C20H16F3N3O4. The van der Waals surface area contributed by atoms with Crippen molar-refractivity contribution in [3.8, 4) is 11.4 Å². The van der Waals surface area contributed by atoms with E-state index in [-0.39, 0.29) is 12.2 Å². The molecule has 10 heteroatoms. The van der Waals surface area contributed by atoms with Crippen molar-refractivity contribution < 1.29 is 22.7 Å². The van der Waals surface area contributed by atoms with E-state index in [1.165, 1.54) is 13.2 Å².